The van der Waals surface area contributed by atoms with Crippen LogP contribution >= 0.6 is 11.3 Å². The Morgan fingerprint density at radius 2 is 2.15 bits per heavy atom. The van der Waals surface area contributed by atoms with E-state index in [4.69, 9.17) is 10.8 Å². The topological polar surface area (TPSA) is 66.5 Å². The highest BCUT2D eigenvalue weighted by atomic mass is 32.1. The van der Waals surface area contributed by atoms with E-state index in [1.165, 1.54) is 11.3 Å². The predicted octanol–water partition coefficient (Wildman–Crippen LogP) is 1.68. The molecule has 3 nitrogen and oxygen atoms in total. The van der Waals surface area contributed by atoms with E-state index in [1.54, 1.807) is 12.1 Å². The van der Waals surface area contributed by atoms with Crippen LogP contribution in [0.15, 0.2) is 18.2 Å². The lowest BCUT2D eigenvalue weighted by Gasteiger charge is -1.97. The van der Waals surface area contributed by atoms with Crippen LogP contribution in [0.4, 0.5) is 5.69 Å². The summed E-state index contributed by atoms with van der Waals surface area (Å²) in [4.78, 5) is 0.854. The molecule has 4 heteroatoms. The highest BCUT2D eigenvalue weighted by Gasteiger charge is 2.06. The van der Waals surface area contributed by atoms with Crippen LogP contribution in [0.1, 0.15) is 4.88 Å². The third-order valence-electron chi connectivity index (χ3n) is 1.91. The number of nitrogen functional groups attached to an aromatic ring is 1. The molecular weight excluding hydrogens is 186 g/mol. The largest absolute Gasteiger partial charge is 0.506 e. The fourth-order valence-corrected chi connectivity index (χ4v) is 2.22. The lowest BCUT2D eigenvalue weighted by atomic mass is 10.2. The quantitative estimate of drug-likeness (QED) is 0.479. The molecule has 13 heavy (non-hydrogen) atoms. The molecule has 1 aromatic heterocycles. The third kappa shape index (κ3) is 1.24. The molecule has 0 spiro atoms. The van der Waals surface area contributed by atoms with Crippen molar-refractivity contribution in [3.8, 4) is 5.75 Å². The van der Waals surface area contributed by atoms with Gasteiger partial charge in [0.25, 0.3) is 0 Å². The molecule has 0 aliphatic heterocycles. The summed E-state index contributed by atoms with van der Waals surface area (Å²) >= 11 is 1.40. The molecule has 1 aromatic carbocycles. The van der Waals surface area contributed by atoms with Gasteiger partial charge in [-0.2, -0.15) is 0 Å². The molecular formula is C9H9NO2S. The lowest BCUT2D eigenvalue weighted by Crippen LogP contribution is -1.84. The Hall–Kier alpha value is -1.26. The van der Waals surface area contributed by atoms with Crippen LogP contribution in [0.5, 0.6) is 5.75 Å². The van der Waals surface area contributed by atoms with Gasteiger partial charge >= 0.3 is 0 Å². The van der Waals surface area contributed by atoms with Crippen LogP contribution in [0, 0.1) is 0 Å². The van der Waals surface area contributed by atoms with E-state index < -0.39 is 0 Å². The number of aromatic hydroxyl groups is 1. The van der Waals surface area contributed by atoms with E-state index >= 15 is 0 Å². The van der Waals surface area contributed by atoms with Gasteiger partial charge in [-0.05, 0) is 23.6 Å². The molecule has 68 valence electrons. The number of aliphatic hydroxyl groups is 1. The second kappa shape index (κ2) is 2.90. The maximum Gasteiger partial charge on any atom is 0.139 e. The number of hydrogen-bond donors (Lipinski definition) is 3. The van der Waals surface area contributed by atoms with Gasteiger partial charge in [0, 0.05) is 4.88 Å². The van der Waals surface area contributed by atoms with E-state index in [0.717, 1.165) is 15.0 Å². The monoisotopic (exact) mass is 195 g/mol. The first-order valence-corrected chi connectivity index (χ1v) is 4.64. The van der Waals surface area contributed by atoms with Crippen molar-refractivity contribution in [1.29, 1.82) is 0 Å². The zero-order valence-corrected chi connectivity index (χ0v) is 7.64. The van der Waals surface area contributed by atoms with Crippen molar-refractivity contribution < 1.29 is 10.2 Å². The van der Waals surface area contributed by atoms with Gasteiger partial charge in [0.1, 0.15) is 5.75 Å². The zero-order chi connectivity index (χ0) is 9.42. The number of phenolic OH excluding ortho intramolecular Hbond substituents is 1. The Morgan fingerprint density at radius 3 is 2.85 bits per heavy atom. The predicted molar refractivity (Wildman–Crippen MR) is 53.8 cm³/mol. The van der Waals surface area contributed by atoms with Gasteiger partial charge < -0.3 is 15.9 Å². The second-order valence-electron chi connectivity index (χ2n) is 2.79. The van der Waals surface area contributed by atoms with Crippen LogP contribution in [0.3, 0.4) is 0 Å². The summed E-state index contributed by atoms with van der Waals surface area (Å²) in [6, 6.07) is 5.22. The molecule has 0 bridgehead atoms. The molecule has 0 saturated heterocycles. The molecule has 0 aliphatic carbocycles. The van der Waals surface area contributed by atoms with Crippen molar-refractivity contribution in [2.24, 2.45) is 0 Å². The number of anilines is 1. The van der Waals surface area contributed by atoms with E-state index in [9.17, 15) is 5.11 Å². The number of benzene rings is 1. The van der Waals surface area contributed by atoms with Crippen LogP contribution < -0.4 is 5.73 Å². The number of aliphatic hydroxyl groups excluding tert-OH is 1. The molecule has 0 amide bonds. The first-order chi connectivity index (χ1) is 6.22. The number of rotatable bonds is 1. The van der Waals surface area contributed by atoms with Gasteiger partial charge in [-0.3, -0.25) is 0 Å². The van der Waals surface area contributed by atoms with Crippen molar-refractivity contribution >= 4 is 27.1 Å². The number of thiophene rings is 1. The first-order valence-electron chi connectivity index (χ1n) is 3.83. The molecule has 0 fully saturated rings. The third-order valence-corrected chi connectivity index (χ3v) is 3.08. The molecule has 0 radical (unpaired) electrons. The van der Waals surface area contributed by atoms with E-state index in [0.29, 0.717) is 5.69 Å². The summed E-state index contributed by atoms with van der Waals surface area (Å²) in [6.07, 6.45) is 0. The molecule has 4 N–H and O–H groups in total. The summed E-state index contributed by atoms with van der Waals surface area (Å²) in [6.45, 7) is 0.0134. The van der Waals surface area contributed by atoms with Crippen molar-refractivity contribution in [3.05, 3.63) is 23.1 Å². The van der Waals surface area contributed by atoms with Gasteiger partial charge in [-0.25, -0.2) is 0 Å². The number of hydrogen-bond acceptors (Lipinski definition) is 4. The van der Waals surface area contributed by atoms with Crippen molar-refractivity contribution in [1.82, 2.24) is 0 Å². The Bertz CT molecular complexity index is 450. The van der Waals surface area contributed by atoms with Gasteiger partial charge in [0.15, 0.2) is 0 Å². The molecule has 0 atom stereocenters. The molecule has 0 saturated carbocycles. The first kappa shape index (κ1) is 8.34. The standard InChI is InChI=1S/C9H9NO2S/c10-8-7(12)2-1-5-3-6(4-11)13-9(5)8/h1-3,11-12H,4,10H2. The van der Waals surface area contributed by atoms with Crippen LogP contribution in [0.25, 0.3) is 10.1 Å². The van der Waals surface area contributed by atoms with Crippen molar-refractivity contribution in [2.75, 3.05) is 5.73 Å². The Morgan fingerprint density at radius 1 is 1.38 bits per heavy atom. The highest BCUT2D eigenvalue weighted by Crippen LogP contribution is 2.35. The SMILES string of the molecule is Nc1c(O)ccc2cc(CO)sc12. The minimum Gasteiger partial charge on any atom is -0.506 e. The van der Waals surface area contributed by atoms with Crippen LogP contribution in [-0.4, -0.2) is 10.2 Å². The number of phenols is 1. The highest BCUT2D eigenvalue weighted by molar-refractivity contribution is 7.19. The minimum absolute atomic E-state index is 0.0134. The van der Waals surface area contributed by atoms with Gasteiger partial charge in [0.2, 0.25) is 0 Å². The number of nitrogens with two attached hydrogens (primary N) is 1. The second-order valence-corrected chi connectivity index (χ2v) is 3.92. The lowest BCUT2D eigenvalue weighted by molar-refractivity contribution is 0.285. The van der Waals surface area contributed by atoms with Crippen LogP contribution in [-0.2, 0) is 6.61 Å². The maximum atomic E-state index is 9.32. The van der Waals surface area contributed by atoms with Crippen molar-refractivity contribution in [2.45, 2.75) is 6.61 Å². The maximum absolute atomic E-state index is 9.32. The Labute approximate surface area is 79.0 Å². The molecule has 2 aromatic rings. The summed E-state index contributed by atoms with van der Waals surface area (Å²) in [5.41, 5.74) is 6.06. The smallest absolute Gasteiger partial charge is 0.139 e. The molecule has 0 aliphatic rings. The summed E-state index contributed by atoms with van der Waals surface area (Å²) in [5.74, 6) is 0.0961. The molecule has 2 rings (SSSR count). The van der Waals surface area contributed by atoms with Crippen LogP contribution in [0.2, 0.25) is 0 Å². The van der Waals surface area contributed by atoms with E-state index in [1.807, 2.05) is 6.07 Å². The average molecular weight is 195 g/mol. The van der Waals surface area contributed by atoms with Gasteiger partial charge in [-0.1, -0.05) is 0 Å². The Balaban J connectivity index is 2.76. The summed E-state index contributed by atoms with van der Waals surface area (Å²) in [5, 5.41) is 19.2. The zero-order valence-electron chi connectivity index (χ0n) is 6.82. The number of fused-ring (bicyclic) bond motifs is 1. The van der Waals surface area contributed by atoms with Crippen molar-refractivity contribution in [3.63, 3.8) is 0 Å². The van der Waals surface area contributed by atoms with E-state index in [2.05, 4.69) is 0 Å². The fraction of sp³-hybridized carbons (Fsp3) is 0.111. The average Bonchev–Trinajstić information content (AvgIpc) is 2.55. The van der Waals surface area contributed by atoms with E-state index in [-0.39, 0.29) is 12.4 Å². The normalized spacial score (nSPS) is 10.8. The molecule has 0 unspecified atom stereocenters. The molecule has 1 heterocycles. The minimum atomic E-state index is 0.0134. The summed E-state index contributed by atoms with van der Waals surface area (Å²) in [7, 11) is 0. The fourth-order valence-electron chi connectivity index (χ4n) is 1.25. The Kier molecular flexibility index (Phi) is 1.86. The van der Waals surface area contributed by atoms with Gasteiger partial charge in [-0.15, -0.1) is 11.3 Å². The van der Waals surface area contributed by atoms with Gasteiger partial charge in [0.05, 0.1) is 17.0 Å². The summed E-state index contributed by atoms with van der Waals surface area (Å²) < 4.78 is 0.837.